The maximum absolute atomic E-state index is 6.91. The molecule has 2 aliphatic rings. The van der Waals surface area contributed by atoms with Crippen molar-refractivity contribution in [2.75, 3.05) is 0 Å². The molecule has 0 N–H and O–H groups in total. The number of allylic oxidation sites excluding steroid dienone is 1. The van der Waals surface area contributed by atoms with Crippen LogP contribution in [0.2, 0.25) is 0 Å². The number of aryl methyl sites for hydroxylation is 2. The van der Waals surface area contributed by atoms with E-state index in [0.717, 1.165) is 17.1 Å². The Hall–Kier alpha value is -5.08. The van der Waals surface area contributed by atoms with Crippen LogP contribution >= 0.6 is 0 Å². The van der Waals surface area contributed by atoms with Gasteiger partial charge in [0.15, 0.2) is 0 Å². The Morgan fingerprint density at radius 1 is 0.714 bits per heavy atom. The maximum atomic E-state index is 6.91. The molecule has 8 rings (SSSR count). The van der Waals surface area contributed by atoms with Gasteiger partial charge in [-0.15, -0.1) is 0 Å². The van der Waals surface area contributed by atoms with Gasteiger partial charge in [0.1, 0.15) is 11.5 Å². The first kappa shape index (κ1) is 24.7. The summed E-state index contributed by atoms with van der Waals surface area (Å²) < 4.78 is 9.36. The van der Waals surface area contributed by atoms with E-state index in [4.69, 9.17) is 4.74 Å². The van der Waals surface area contributed by atoms with Gasteiger partial charge in [0.2, 0.25) is 0 Å². The quantitative estimate of drug-likeness (QED) is 0.214. The Bertz CT molecular complexity index is 2210. The van der Waals surface area contributed by atoms with E-state index in [9.17, 15) is 0 Å². The summed E-state index contributed by atoms with van der Waals surface area (Å²) in [5.41, 5.74) is 11.5. The second-order valence-electron chi connectivity index (χ2n) is 11.6. The summed E-state index contributed by atoms with van der Waals surface area (Å²) in [4.78, 5) is 0. The van der Waals surface area contributed by atoms with Crippen LogP contribution in [0.1, 0.15) is 34.7 Å². The summed E-state index contributed by atoms with van der Waals surface area (Å²) in [6.07, 6.45) is 4.07. The fourth-order valence-corrected chi connectivity index (χ4v) is 7.65. The van der Waals surface area contributed by atoms with Gasteiger partial charge in [-0.1, -0.05) is 121 Å². The molecule has 5 aromatic carbocycles. The third-order valence-corrected chi connectivity index (χ3v) is 9.12. The van der Waals surface area contributed by atoms with Crippen molar-refractivity contribution in [2.24, 2.45) is 0 Å². The van der Waals surface area contributed by atoms with E-state index in [2.05, 4.69) is 147 Å². The lowest BCUT2D eigenvalue weighted by Crippen LogP contribution is -2.46. The van der Waals surface area contributed by atoms with Crippen molar-refractivity contribution < 1.29 is 4.74 Å². The zero-order chi connectivity index (χ0) is 28.6. The molecule has 0 amide bonds. The molecule has 0 aliphatic carbocycles. The lowest BCUT2D eigenvalue weighted by Gasteiger charge is -2.45. The highest BCUT2D eigenvalue weighted by atomic mass is 16.5. The molecule has 0 radical (unpaired) electrons. The highest BCUT2D eigenvalue weighted by Crippen LogP contribution is 2.59. The van der Waals surface area contributed by atoms with Gasteiger partial charge in [0.25, 0.3) is 0 Å². The molecule has 6 aromatic rings. The molecule has 2 aliphatic heterocycles. The van der Waals surface area contributed by atoms with Crippen molar-refractivity contribution in [3.8, 4) is 28.3 Å². The highest BCUT2D eigenvalue weighted by Gasteiger charge is 2.49. The number of ether oxygens (including phenoxy) is 1. The molecule has 202 valence electrons. The Morgan fingerprint density at radius 2 is 1.40 bits per heavy atom. The maximum Gasteiger partial charge on any atom is 0.140 e. The minimum atomic E-state index is -0.552. The van der Waals surface area contributed by atoms with Crippen LogP contribution in [-0.2, 0) is 5.41 Å². The van der Waals surface area contributed by atoms with Gasteiger partial charge in [-0.25, -0.2) is 0 Å². The number of aromatic nitrogens is 1. The Kier molecular flexibility index (Phi) is 5.27. The topological polar surface area (TPSA) is 14.2 Å². The molecule has 1 atom stereocenters. The third-order valence-electron chi connectivity index (χ3n) is 9.12. The van der Waals surface area contributed by atoms with Crippen molar-refractivity contribution in [1.82, 2.24) is 4.57 Å². The third kappa shape index (κ3) is 3.15. The highest BCUT2D eigenvalue weighted by molar-refractivity contribution is 5.92. The second kappa shape index (κ2) is 8.96. The molecule has 1 aromatic heterocycles. The zero-order valence-electron chi connectivity index (χ0n) is 24.1. The predicted octanol–water partition coefficient (Wildman–Crippen LogP) is 8.51. The van der Waals surface area contributed by atoms with Crippen molar-refractivity contribution in [3.63, 3.8) is 0 Å². The van der Waals surface area contributed by atoms with E-state index in [1.807, 2.05) is 6.08 Å². The minimum Gasteiger partial charge on any atom is -0.456 e. The number of benzene rings is 5. The summed E-state index contributed by atoms with van der Waals surface area (Å²) in [6, 6.07) is 39.6. The van der Waals surface area contributed by atoms with Crippen molar-refractivity contribution in [1.29, 1.82) is 0 Å². The lowest BCUT2D eigenvalue weighted by molar-refractivity contribution is 0.439. The van der Waals surface area contributed by atoms with Crippen molar-refractivity contribution >= 4 is 22.6 Å². The number of para-hydroxylation sites is 4. The summed E-state index contributed by atoms with van der Waals surface area (Å²) in [5, 5.41) is 3.64. The average molecular weight is 542 g/mol. The summed E-state index contributed by atoms with van der Waals surface area (Å²) in [6.45, 7) is 10.7. The molecule has 0 saturated carbocycles. The molecule has 0 fully saturated rings. The van der Waals surface area contributed by atoms with Crippen LogP contribution in [-0.4, -0.2) is 4.57 Å². The Morgan fingerprint density at radius 3 is 2.21 bits per heavy atom. The van der Waals surface area contributed by atoms with Gasteiger partial charge in [-0.3, -0.25) is 0 Å². The largest absolute Gasteiger partial charge is 0.456 e. The Balaban J connectivity index is 1.62. The standard InChI is InChI=1S/C40H31NO/c1-5-13-31-30-14-6-9-19-35(30)41-36-20-10-7-16-32(36)40(27(4)38(31)41)33-17-8-11-21-37(33)42-39-29(15-12-18-34(39)40)28-23-25(2)22-26(3)24-28/h5-24H,1H2,2-4H3/b31-13-. The van der Waals surface area contributed by atoms with E-state index in [1.54, 1.807) is 0 Å². The SMILES string of the molecule is C=C/C=c1\c2n(c3ccccc13)-c1ccccc1C1(C=2C)c2ccccc2Oc2c(-c3cc(C)cc(C)c3)cccc21. The average Bonchev–Trinajstić information content (AvgIpc) is 3.33. The molecular weight excluding hydrogens is 510 g/mol. The van der Waals surface area contributed by atoms with E-state index in [-0.39, 0.29) is 0 Å². The van der Waals surface area contributed by atoms with E-state index >= 15 is 0 Å². The zero-order valence-corrected chi connectivity index (χ0v) is 24.1. The van der Waals surface area contributed by atoms with Gasteiger partial charge in [0, 0.05) is 27.3 Å². The number of hydrogen-bond donors (Lipinski definition) is 0. The normalized spacial score (nSPS) is 16.9. The van der Waals surface area contributed by atoms with E-state index in [1.165, 1.54) is 66.1 Å². The molecule has 3 heterocycles. The Labute approximate surface area is 246 Å². The van der Waals surface area contributed by atoms with E-state index in [0.29, 0.717) is 0 Å². The van der Waals surface area contributed by atoms with Crippen molar-refractivity contribution in [2.45, 2.75) is 26.2 Å². The molecule has 2 heteroatoms. The van der Waals surface area contributed by atoms with Crippen LogP contribution < -0.4 is 15.3 Å². The minimum absolute atomic E-state index is 0.552. The second-order valence-corrected chi connectivity index (χ2v) is 11.6. The number of rotatable bonds is 2. The fraction of sp³-hybridized carbons (Fsp3) is 0.100. The molecule has 0 bridgehead atoms. The van der Waals surface area contributed by atoms with Crippen LogP contribution in [0, 0.1) is 13.8 Å². The number of nitrogens with zero attached hydrogens (tertiary/aromatic N) is 1. The van der Waals surface area contributed by atoms with Gasteiger partial charge < -0.3 is 9.30 Å². The molecule has 42 heavy (non-hydrogen) atoms. The molecule has 1 unspecified atom stereocenters. The summed E-state index contributed by atoms with van der Waals surface area (Å²) in [7, 11) is 0. The van der Waals surface area contributed by atoms with Crippen LogP contribution in [0.5, 0.6) is 11.5 Å². The number of fused-ring (bicyclic) bond motifs is 10. The van der Waals surface area contributed by atoms with Gasteiger partial charge in [-0.05, 0) is 55.7 Å². The molecule has 2 nitrogen and oxygen atoms in total. The fourth-order valence-electron chi connectivity index (χ4n) is 7.65. The van der Waals surface area contributed by atoms with Gasteiger partial charge >= 0.3 is 0 Å². The van der Waals surface area contributed by atoms with Crippen LogP contribution in [0.3, 0.4) is 0 Å². The van der Waals surface area contributed by atoms with Gasteiger partial charge in [-0.2, -0.15) is 0 Å². The smallest absolute Gasteiger partial charge is 0.140 e. The van der Waals surface area contributed by atoms with Gasteiger partial charge in [0.05, 0.1) is 22.0 Å². The summed E-state index contributed by atoms with van der Waals surface area (Å²) in [5.74, 6) is 1.82. The van der Waals surface area contributed by atoms with Crippen LogP contribution in [0.15, 0.2) is 122 Å². The predicted molar refractivity (Wildman–Crippen MR) is 174 cm³/mol. The monoisotopic (exact) mass is 541 g/mol. The molecule has 0 saturated heterocycles. The lowest BCUT2D eigenvalue weighted by atomic mass is 9.61. The number of hydrogen-bond acceptors (Lipinski definition) is 1. The van der Waals surface area contributed by atoms with Crippen LogP contribution in [0.4, 0.5) is 0 Å². The molecular formula is C40H31NO. The first-order valence-electron chi connectivity index (χ1n) is 14.6. The molecule has 1 spiro atoms. The van der Waals surface area contributed by atoms with Crippen molar-refractivity contribution in [3.05, 3.63) is 160 Å². The first-order chi connectivity index (χ1) is 20.5. The van der Waals surface area contributed by atoms with E-state index < -0.39 is 5.41 Å². The van der Waals surface area contributed by atoms with Crippen LogP contribution in [0.25, 0.3) is 39.4 Å². The summed E-state index contributed by atoms with van der Waals surface area (Å²) >= 11 is 0. The first-order valence-corrected chi connectivity index (χ1v) is 14.6.